The second-order valence-electron chi connectivity index (χ2n) is 5.28. The smallest absolute Gasteiger partial charge is 0.0396 e. The third-order valence-electron chi connectivity index (χ3n) is 3.77. The Kier molecular flexibility index (Phi) is 4.49. The number of halogens is 1. The molecule has 94 valence electrons. The van der Waals surface area contributed by atoms with E-state index in [-0.39, 0.29) is 0 Å². The van der Waals surface area contributed by atoms with Crippen molar-refractivity contribution in [3.05, 3.63) is 29.3 Å². The van der Waals surface area contributed by atoms with E-state index in [2.05, 4.69) is 52.9 Å². The van der Waals surface area contributed by atoms with E-state index in [1.54, 1.807) is 0 Å². The standard InChI is InChI=1S/C15H22BrN/c1-12-4-3-8-17(9-7-12)15-6-5-14(11-16)10-13(15)2/h5-6,10,12H,3-4,7-9,11H2,1-2H3. The molecule has 1 aromatic carbocycles. The summed E-state index contributed by atoms with van der Waals surface area (Å²) in [4.78, 5) is 2.57. The van der Waals surface area contributed by atoms with Gasteiger partial charge in [0, 0.05) is 24.1 Å². The van der Waals surface area contributed by atoms with Gasteiger partial charge in [-0.1, -0.05) is 35.0 Å². The third-order valence-corrected chi connectivity index (χ3v) is 4.42. The first-order valence-corrected chi connectivity index (χ1v) is 7.73. The van der Waals surface area contributed by atoms with E-state index in [0.717, 1.165) is 11.2 Å². The van der Waals surface area contributed by atoms with Crippen LogP contribution in [0, 0.1) is 12.8 Å². The monoisotopic (exact) mass is 295 g/mol. The molecule has 1 nitrogen and oxygen atoms in total. The molecule has 0 saturated carbocycles. The summed E-state index contributed by atoms with van der Waals surface area (Å²) in [5.74, 6) is 0.891. The summed E-state index contributed by atoms with van der Waals surface area (Å²) >= 11 is 3.52. The maximum Gasteiger partial charge on any atom is 0.0396 e. The highest BCUT2D eigenvalue weighted by Crippen LogP contribution is 2.26. The number of rotatable bonds is 2. The van der Waals surface area contributed by atoms with Crippen LogP contribution in [0.1, 0.15) is 37.3 Å². The highest BCUT2D eigenvalue weighted by Gasteiger charge is 2.15. The molecule has 0 amide bonds. The van der Waals surface area contributed by atoms with Gasteiger partial charge in [0.25, 0.3) is 0 Å². The molecule has 0 radical (unpaired) electrons. The van der Waals surface area contributed by atoms with Crippen molar-refractivity contribution in [3.8, 4) is 0 Å². The van der Waals surface area contributed by atoms with Gasteiger partial charge in [0.1, 0.15) is 0 Å². The normalized spacial score (nSPS) is 21.4. The predicted molar refractivity (Wildman–Crippen MR) is 79.0 cm³/mol. The topological polar surface area (TPSA) is 3.24 Å². The molecule has 1 atom stereocenters. The van der Waals surface area contributed by atoms with Gasteiger partial charge < -0.3 is 4.90 Å². The summed E-state index contributed by atoms with van der Waals surface area (Å²) in [6.45, 7) is 7.05. The highest BCUT2D eigenvalue weighted by molar-refractivity contribution is 9.08. The van der Waals surface area contributed by atoms with Gasteiger partial charge in [-0.05, 0) is 49.3 Å². The summed E-state index contributed by atoms with van der Waals surface area (Å²) in [5.41, 5.74) is 4.22. The molecule has 1 unspecified atom stereocenters. The minimum Gasteiger partial charge on any atom is -0.371 e. The fourth-order valence-corrected chi connectivity index (χ4v) is 3.01. The molecule has 1 fully saturated rings. The number of nitrogens with zero attached hydrogens (tertiary/aromatic N) is 1. The molecule has 2 rings (SSSR count). The van der Waals surface area contributed by atoms with Crippen molar-refractivity contribution in [2.24, 2.45) is 5.92 Å². The fourth-order valence-electron chi connectivity index (χ4n) is 2.66. The van der Waals surface area contributed by atoms with Crippen molar-refractivity contribution in [2.75, 3.05) is 18.0 Å². The van der Waals surface area contributed by atoms with Crippen LogP contribution in [-0.4, -0.2) is 13.1 Å². The third kappa shape index (κ3) is 3.25. The summed E-state index contributed by atoms with van der Waals surface area (Å²) in [7, 11) is 0. The van der Waals surface area contributed by atoms with Crippen LogP contribution in [0.15, 0.2) is 18.2 Å². The lowest BCUT2D eigenvalue weighted by atomic mass is 10.0. The van der Waals surface area contributed by atoms with Crippen LogP contribution in [0.25, 0.3) is 0 Å². The maximum absolute atomic E-state index is 3.52. The Balaban J connectivity index is 2.15. The number of aryl methyl sites for hydroxylation is 1. The van der Waals surface area contributed by atoms with Crippen molar-refractivity contribution in [1.29, 1.82) is 0 Å². The zero-order valence-electron chi connectivity index (χ0n) is 10.9. The molecule has 1 aliphatic heterocycles. The Labute approximate surface area is 113 Å². The van der Waals surface area contributed by atoms with Gasteiger partial charge >= 0.3 is 0 Å². The quantitative estimate of drug-likeness (QED) is 0.725. The van der Waals surface area contributed by atoms with Crippen molar-refractivity contribution < 1.29 is 0 Å². The van der Waals surface area contributed by atoms with Crippen LogP contribution in [0.4, 0.5) is 5.69 Å². The number of hydrogen-bond acceptors (Lipinski definition) is 1. The van der Waals surface area contributed by atoms with Crippen LogP contribution in [0.3, 0.4) is 0 Å². The molecular formula is C15H22BrN. The zero-order valence-corrected chi connectivity index (χ0v) is 12.5. The molecule has 2 heteroatoms. The zero-order chi connectivity index (χ0) is 12.3. The first-order chi connectivity index (χ1) is 8.20. The first kappa shape index (κ1) is 12.9. The van der Waals surface area contributed by atoms with E-state index < -0.39 is 0 Å². The average molecular weight is 296 g/mol. The summed E-state index contributed by atoms with van der Waals surface area (Å²) in [6.07, 6.45) is 4.05. The largest absolute Gasteiger partial charge is 0.371 e. The number of hydrogen-bond donors (Lipinski definition) is 0. The van der Waals surface area contributed by atoms with E-state index in [1.807, 2.05) is 0 Å². The molecular weight excluding hydrogens is 274 g/mol. The minimum atomic E-state index is 0.891. The second kappa shape index (κ2) is 5.90. The van der Waals surface area contributed by atoms with Gasteiger partial charge in [0.05, 0.1) is 0 Å². The SMILES string of the molecule is Cc1cc(CBr)ccc1N1CCCC(C)CC1. The van der Waals surface area contributed by atoms with E-state index in [9.17, 15) is 0 Å². The van der Waals surface area contributed by atoms with E-state index in [0.29, 0.717) is 0 Å². The van der Waals surface area contributed by atoms with Gasteiger partial charge in [-0.15, -0.1) is 0 Å². The minimum absolute atomic E-state index is 0.891. The van der Waals surface area contributed by atoms with Gasteiger partial charge in [-0.25, -0.2) is 0 Å². The van der Waals surface area contributed by atoms with Crippen LogP contribution in [0.2, 0.25) is 0 Å². The first-order valence-electron chi connectivity index (χ1n) is 6.61. The molecule has 0 N–H and O–H groups in total. The second-order valence-corrected chi connectivity index (χ2v) is 5.84. The Morgan fingerprint density at radius 3 is 2.82 bits per heavy atom. The van der Waals surface area contributed by atoms with E-state index in [4.69, 9.17) is 0 Å². The molecule has 17 heavy (non-hydrogen) atoms. The van der Waals surface area contributed by atoms with E-state index >= 15 is 0 Å². The summed E-state index contributed by atoms with van der Waals surface area (Å²) < 4.78 is 0. The van der Waals surface area contributed by atoms with Crippen molar-refractivity contribution in [3.63, 3.8) is 0 Å². The molecule has 1 saturated heterocycles. The Morgan fingerprint density at radius 1 is 1.29 bits per heavy atom. The van der Waals surface area contributed by atoms with Gasteiger partial charge in [0.2, 0.25) is 0 Å². The molecule has 1 heterocycles. The molecule has 0 spiro atoms. The van der Waals surface area contributed by atoms with Gasteiger partial charge in [-0.3, -0.25) is 0 Å². The highest BCUT2D eigenvalue weighted by atomic mass is 79.9. The Hall–Kier alpha value is -0.500. The predicted octanol–water partition coefficient (Wildman–Crippen LogP) is 4.52. The Morgan fingerprint density at radius 2 is 2.12 bits per heavy atom. The number of benzene rings is 1. The molecule has 1 aromatic rings. The summed E-state index contributed by atoms with van der Waals surface area (Å²) in [6, 6.07) is 6.84. The van der Waals surface area contributed by atoms with Crippen LogP contribution >= 0.6 is 15.9 Å². The fraction of sp³-hybridized carbons (Fsp3) is 0.600. The number of anilines is 1. The van der Waals surface area contributed by atoms with Crippen molar-refractivity contribution >= 4 is 21.6 Å². The molecule has 0 aliphatic carbocycles. The maximum atomic E-state index is 3.52. The number of alkyl halides is 1. The molecule has 0 aromatic heterocycles. The van der Waals surface area contributed by atoms with Gasteiger partial charge in [-0.2, -0.15) is 0 Å². The van der Waals surface area contributed by atoms with Crippen molar-refractivity contribution in [2.45, 2.75) is 38.4 Å². The lowest BCUT2D eigenvalue weighted by Gasteiger charge is -2.25. The van der Waals surface area contributed by atoms with E-state index in [1.165, 1.54) is 49.2 Å². The molecule has 1 aliphatic rings. The van der Waals surface area contributed by atoms with Gasteiger partial charge in [0.15, 0.2) is 0 Å². The molecule has 0 bridgehead atoms. The van der Waals surface area contributed by atoms with Crippen LogP contribution in [0.5, 0.6) is 0 Å². The van der Waals surface area contributed by atoms with Crippen molar-refractivity contribution in [1.82, 2.24) is 0 Å². The summed E-state index contributed by atoms with van der Waals surface area (Å²) in [5, 5.41) is 0.950. The lowest BCUT2D eigenvalue weighted by molar-refractivity contribution is 0.521. The lowest BCUT2D eigenvalue weighted by Crippen LogP contribution is -2.24. The van der Waals surface area contributed by atoms with Crippen LogP contribution in [-0.2, 0) is 5.33 Å². The Bertz CT molecular complexity index is 375. The van der Waals surface area contributed by atoms with Crippen LogP contribution < -0.4 is 4.90 Å². The average Bonchev–Trinajstić information content (AvgIpc) is 2.54.